The molecule has 6 heteroatoms. The molecule has 0 bridgehead atoms. The third-order valence-electron chi connectivity index (χ3n) is 5.25. The van der Waals surface area contributed by atoms with Gasteiger partial charge in [-0.2, -0.15) is 0 Å². The van der Waals surface area contributed by atoms with Crippen molar-refractivity contribution >= 4 is 11.6 Å². The van der Waals surface area contributed by atoms with E-state index in [-0.39, 0.29) is 18.2 Å². The zero-order chi connectivity index (χ0) is 19.5. The number of amides is 1. The number of benzene rings is 2. The van der Waals surface area contributed by atoms with Crippen LogP contribution >= 0.6 is 0 Å². The first-order valence-electron chi connectivity index (χ1n) is 9.80. The smallest absolute Gasteiger partial charge is 0.257 e. The molecule has 2 aromatic carbocycles. The molecule has 2 atom stereocenters. The molecule has 4 rings (SSSR count). The van der Waals surface area contributed by atoms with E-state index >= 15 is 0 Å². The highest BCUT2D eigenvalue weighted by Gasteiger charge is 2.37. The number of nitrogens with one attached hydrogen (secondary N) is 1. The van der Waals surface area contributed by atoms with Crippen molar-refractivity contribution in [3.05, 3.63) is 53.6 Å². The van der Waals surface area contributed by atoms with Crippen LogP contribution in [0, 0.1) is 0 Å². The number of nitrogens with zero attached hydrogens (tertiary/aromatic N) is 1. The molecular weight excluding hydrogens is 356 g/mol. The van der Waals surface area contributed by atoms with E-state index in [4.69, 9.17) is 14.2 Å². The number of ether oxygens (including phenoxy) is 3. The standard InChI is InChI=1S/C22H26N2O4/c1-3-27-19-12-6-10-17(20(19)26-2)21-23-18-11-5-4-9-16(18)22(25)24(21)14-15-8-7-13-28-15/h4-6,9-12,15,21,23H,3,7-8,13-14H2,1-2H3/t15-,21+/m1/s1. The maximum atomic E-state index is 13.4. The SMILES string of the molecule is CCOc1cccc([C@H]2Nc3ccccc3C(=O)N2C[C@H]2CCCO2)c1OC. The molecule has 2 aliphatic heterocycles. The molecule has 0 saturated carbocycles. The Balaban J connectivity index is 1.76. The van der Waals surface area contributed by atoms with Crippen LogP contribution in [0.3, 0.4) is 0 Å². The molecule has 0 spiro atoms. The summed E-state index contributed by atoms with van der Waals surface area (Å²) in [7, 11) is 1.63. The molecule has 2 aliphatic rings. The highest BCUT2D eigenvalue weighted by atomic mass is 16.5. The lowest BCUT2D eigenvalue weighted by molar-refractivity contribution is 0.0424. The Hall–Kier alpha value is -2.73. The van der Waals surface area contributed by atoms with Crippen LogP contribution in [0.15, 0.2) is 42.5 Å². The summed E-state index contributed by atoms with van der Waals surface area (Å²) < 4.78 is 17.3. The molecule has 1 amide bonds. The molecule has 1 saturated heterocycles. The second-order valence-corrected chi connectivity index (χ2v) is 7.00. The van der Waals surface area contributed by atoms with Crippen molar-refractivity contribution in [2.24, 2.45) is 0 Å². The van der Waals surface area contributed by atoms with Gasteiger partial charge < -0.3 is 24.4 Å². The van der Waals surface area contributed by atoms with Crippen LogP contribution in [-0.2, 0) is 4.74 Å². The fourth-order valence-electron chi connectivity index (χ4n) is 3.97. The van der Waals surface area contributed by atoms with Crippen LogP contribution in [0.5, 0.6) is 11.5 Å². The summed E-state index contributed by atoms with van der Waals surface area (Å²) in [4.78, 5) is 15.2. The summed E-state index contributed by atoms with van der Waals surface area (Å²) in [6.07, 6.45) is 1.69. The van der Waals surface area contributed by atoms with Crippen molar-refractivity contribution in [1.29, 1.82) is 0 Å². The lowest BCUT2D eigenvalue weighted by Crippen LogP contribution is -2.46. The number of carbonyl (C=O) groups excluding carboxylic acids is 1. The van der Waals surface area contributed by atoms with Gasteiger partial charge >= 0.3 is 0 Å². The minimum absolute atomic E-state index is 0.00119. The van der Waals surface area contributed by atoms with Gasteiger partial charge in [0.05, 0.1) is 25.4 Å². The molecule has 0 unspecified atom stereocenters. The summed E-state index contributed by atoms with van der Waals surface area (Å²) >= 11 is 0. The van der Waals surface area contributed by atoms with Crippen LogP contribution in [0.4, 0.5) is 5.69 Å². The predicted octanol–water partition coefficient (Wildman–Crippen LogP) is 3.84. The lowest BCUT2D eigenvalue weighted by Gasteiger charge is -2.39. The largest absolute Gasteiger partial charge is 0.492 e. The molecule has 28 heavy (non-hydrogen) atoms. The molecule has 148 valence electrons. The van der Waals surface area contributed by atoms with Crippen LogP contribution in [0.1, 0.15) is 41.9 Å². The average Bonchev–Trinajstić information content (AvgIpc) is 3.23. The van der Waals surface area contributed by atoms with Crippen LogP contribution in [0.25, 0.3) is 0 Å². The first kappa shape index (κ1) is 18.6. The Bertz CT molecular complexity index is 848. The second kappa shape index (κ2) is 8.10. The number of fused-ring (bicyclic) bond motifs is 1. The molecule has 1 N–H and O–H groups in total. The highest BCUT2D eigenvalue weighted by Crippen LogP contribution is 2.41. The third kappa shape index (κ3) is 3.40. The number of para-hydroxylation sites is 2. The fourth-order valence-corrected chi connectivity index (χ4v) is 3.97. The van der Waals surface area contributed by atoms with Crippen molar-refractivity contribution < 1.29 is 19.0 Å². The molecule has 0 radical (unpaired) electrons. The van der Waals surface area contributed by atoms with Gasteiger partial charge in [-0.1, -0.05) is 24.3 Å². The Kier molecular flexibility index (Phi) is 5.39. The number of hydrogen-bond donors (Lipinski definition) is 1. The first-order valence-corrected chi connectivity index (χ1v) is 9.80. The van der Waals surface area contributed by atoms with E-state index in [0.29, 0.717) is 30.2 Å². The van der Waals surface area contributed by atoms with Crippen LogP contribution < -0.4 is 14.8 Å². The minimum atomic E-state index is -0.359. The van der Waals surface area contributed by atoms with E-state index < -0.39 is 0 Å². The van der Waals surface area contributed by atoms with E-state index in [2.05, 4.69) is 5.32 Å². The monoisotopic (exact) mass is 382 g/mol. The van der Waals surface area contributed by atoms with E-state index in [1.54, 1.807) is 7.11 Å². The van der Waals surface area contributed by atoms with Crippen molar-refractivity contribution in [2.75, 3.05) is 32.2 Å². The number of hydrogen-bond acceptors (Lipinski definition) is 5. The summed E-state index contributed by atoms with van der Waals surface area (Å²) in [5.74, 6) is 1.32. The Morgan fingerprint density at radius 1 is 1.21 bits per heavy atom. The molecule has 0 aliphatic carbocycles. The maximum Gasteiger partial charge on any atom is 0.257 e. The van der Waals surface area contributed by atoms with Crippen molar-refractivity contribution in [2.45, 2.75) is 32.0 Å². The van der Waals surface area contributed by atoms with Gasteiger partial charge in [0.2, 0.25) is 0 Å². The van der Waals surface area contributed by atoms with Gasteiger partial charge in [-0.3, -0.25) is 4.79 Å². The number of anilines is 1. The van der Waals surface area contributed by atoms with Crippen molar-refractivity contribution in [3.8, 4) is 11.5 Å². The number of carbonyl (C=O) groups is 1. The minimum Gasteiger partial charge on any atom is -0.492 e. The molecule has 6 nitrogen and oxygen atoms in total. The zero-order valence-electron chi connectivity index (χ0n) is 16.3. The topological polar surface area (TPSA) is 60.0 Å². The maximum absolute atomic E-state index is 13.4. The first-order chi connectivity index (χ1) is 13.7. The quantitative estimate of drug-likeness (QED) is 0.823. The predicted molar refractivity (Wildman–Crippen MR) is 107 cm³/mol. The van der Waals surface area contributed by atoms with Gasteiger partial charge in [-0.15, -0.1) is 0 Å². The summed E-state index contributed by atoms with van der Waals surface area (Å²) in [5.41, 5.74) is 2.37. The molecule has 2 heterocycles. The van der Waals surface area contributed by atoms with E-state index in [9.17, 15) is 4.79 Å². The van der Waals surface area contributed by atoms with Crippen molar-refractivity contribution in [3.63, 3.8) is 0 Å². The van der Waals surface area contributed by atoms with Gasteiger partial charge in [0, 0.05) is 24.4 Å². The van der Waals surface area contributed by atoms with Gasteiger partial charge in [0.1, 0.15) is 6.17 Å². The molecular formula is C22H26N2O4. The molecule has 0 aromatic heterocycles. The van der Waals surface area contributed by atoms with Gasteiger partial charge in [-0.25, -0.2) is 0 Å². The summed E-state index contributed by atoms with van der Waals surface area (Å²) in [5, 5.41) is 3.53. The molecule has 2 aromatic rings. The molecule has 1 fully saturated rings. The van der Waals surface area contributed by atoms with E-state index in [1.165, 1.54) is 0 Å². The van der Waals surface area contributed by atoms with Crippen LogP contribution in [0.2, 0.25) is 0 Å². The number of methoxy groups -OCH3 is 1. The Morgan fingerprint density at radius 3 is 2.82 bits per heavy atom. The summed E-state index contributed by atoms with van der Waals surface area (Å²) in [6, 6.07) is 13.4. The van der Waals surface area contributed by atoms with Gasteiger partial charge in [-0.05, 0) is 38.0 Å². The van der Waals surface area contributed by atoms with E-state index in [1.807, 2.05) is 54.3 Å². The van der Waals surface area contributed by atoms with Crippen molar-refractivity contribution in [1.82, 2.24) is 4.90 Å². The van der Waals surface area contributed by atoms with Crippen LogP contribution in [-0.4, -0.2) is 43.8 Å². The average molecular weight is 382 g/mol. The Labute approximate surface area is 165 Å². The van der Waals surface area contributed by atoms with Gasteiger partial charge in [0.25, 0.3) is 5.91 Å². The second-order valence-electron chi connectivity index (χ2n) is 7.00. The zero-order valence-corrected chi connectivity index (χ0v) is 16.3. The fraction of sp³-hybridized carbons (Fsp3) is 0.409. The number of rotatable bonds is 6. The summed E-state index contributed by atoms with van der Waals surface area (Å²) in [6.45, 7) is 3.77. The van der Waals surface area contributed by atoms with Gasteiger partial charge in [0.15, 0.2) is 11.5 Å². The lowest BCUT2D eigenvalue weighted by atomic mass is 10.0. The van der Waals surface area contributed by atoms with E-state index in [0.717, 1.165) is 30.7 Å². The highest BCUT2D eigenvalue weighted by molar-refractivity contribution is 6.01. The normalized spacial score (nSPS) is 21.2. The Morgan fingerprint density at radius 2 is 2.07 bits per heavy atom. The third-order valence-corrected chi connectivity index (χ3v) is 5.25.